The summed E-state index contributed by atoms with van der Waals surface area (Å²) in [6, 6.07) is 7.84. The van der Waals surface area contributed by atoms with Crippen molar-refractivity contribution in [2.75, 3.05) is 26.3 Å². The highest BCUT2D eigenvalue weighted by molar-refractivity contribution is 5.75. The second-order valence-electron chi connectivity index (χ2n) is 4.87. The summed E-state index contributed by atoms with van der Waals surface area (Å²) >= 11 is 0. The summed E-state index contributed by atoms with van der Waals surface area (Å²) in [4.78, 5) is 13.2. The topological polar surface area (TPSA) is 49.8 Å². The van der Waals surface area contributed by atoms with Gasteiger partial charge in [0.05, 0.1) is 12.5 Å². The summed E-state index contributed by atoms with van der Waals surface area (Å²) in [5.74, 6) is -1.24. The Morgan fingerprint density at radius 1 is 1.30 bits per heavy atom. The van der Waals surface area contributed by atoms with Crippen molar-refractivity contribution in [1.82, 2.24) is 4.90 Å². The van der Waals surface area contributed by atoms with Gasteiger partial charge in [0.2, 0.25) is 0 Å². The summed E-state index contributed by atoms with van der Waals surface area (Å²) in [7, 11) is 0. The number of rotatable bonds is 9. The van der Waals surface area contributed by atoms with Gasteiger partial charge in [-0.2, -0.15) is 0 Å². The lowest BCUT2D eigenvalue weighted by Gasteiger charge is -2.20. The molecule has 0 bridgehead atoms. The Bertz CT molecular complexity index is 403. The average Bonchev–Trinajstić information content (AvgIpc) is 2.46. The molecule has 0 heterocycles. The van der Waals surface area contributed by atoms with Crippen LogP contribution in [0.4, 0.5) is 0 Å². The molecule has 0 radical (unpaired) electrons. The molecule has 1 aromatic carbocycles. The fraction of sp³-hybridized carbons (Fsp3) is 0.562. The second kappa shape index (κ2) is 8.72. The predicted octanol–water partition coefficient (Wildman–Crippen LogP) is 2.73. The average molecular weight is 279 g/mol. The van der Waals surface area contributed by atoms with Crippen LogP contribution in [0.5, 0.6) is 0 Å². The van der Waals surface area contributed by atoms with Gasteiger partial charge in [-0.3, -0.25) is 9.69 Å². The first kappa shape index (κ1) is 16.7. The number of hydrogen-bond donors (Lipinski definition) is 1. The van der Waals surface area contributed by atoms with Crippen molar-refractivity contribution in [3.8, 4) is 0 Å². The van der Waals surface area contributed by atoms with E-state index in [1.54, 1.807) is 6.92 Å². The molecule has 0 saturated heterocycles. The maximum atomic E-state index is 10.9. The van der Waals surface area contributed by atoms with E-state index in [0.29, 0.717) is 0 Å². The monoisotopic (exact) mass is 279 g/mol. The molecule has 1 rings (SSSR count). The minimum atomic E-state index is -0.787. The Balaban J connectivity index is 2.57. The second-order valence-corrected chi connectivity index (χ2v) is 4.87. The van der Waals surface area contributed by atoms with Gasteiger partial charge in [0.25, 0.3) is 0 Å². The van der Waals surface area contributed by atoms with E-state index in [1.165, 1.54) is 5.56 Å². The molecule has 0 amide bonds. The van der Waals surface area contributed by atoms with Gasteiger partial charge in [-0.25, -0.2) is 0 Å². The Morgan fingerprint density at radius 2 is 1.95 bits per heavy atom. The molecule has 1 unspecified atom stereocenters. The third-order valence-corrected chi connectivity index (χ3v) is 3.46. The molecule has 1 N–H and O–H groups in total. The van der Waals surface area contributed by atoms with Crippen LogP contribution < -0.4 is 0 Å². The number of hydrogen-bond acceptors (Lipinski definition) is 3. The van der Waals surface area contributed by atoms with E-state index in [9.17, 15) is 4.79 Å². The maximum absolute atomic E-state index is 10.9. The maximum Gasteiger partial charge on any atom is 0.310 e. The first-order chi connectivity index (χ1) is 9.58. The SMILES string of the molecule is CCOCCN(CC)Cc1ccc(C(C)C(=O)O)cc1. The van der Waals surface area contributed by atoms with Gasteiger partial charge >= 0.3 is 5.97 Å². The van der Waals surface area contributed by atoms with Gasteiger partial charge in [-0.05, 0) is 31.5 Å². The van der Waals surface area contributed by atoms with E-state index in [4.69, 9.17) is 9.84 Å². The molecular formula is C16H25NO3. The number of ether oxygens (including phenoxy) is 1. The van der Waals surface area contributed by atoms with E-state index >= 15 is 0 Å². The largest absolute Gasteiger partial charge is 0.481 e. The number of aliphatic carboxylic acids is 1. The third kappa shape index (κ3) is 5.31. The minimum absolute atomic E-state index is 0.454. The Labute approximate surface area is 121 Å². The highest BCUT2D eigenvalue weighted by Crippen LogP contribution is 2.16. The molecule has 0 aliphatic carbocycles. The van der Waals surface area contributed by atoms with Gasteiger partial charge in [0.15, 0.2) is 0 Å². The first-order valence-corrected chi connectivity index (χ1v) is 7.20. The number of carboxylic acids is 1. The van der Waals surface area contributed by atoms with Crippen LogP contribution in [0.15, 0.2) is 24.3 Å². The van der Waals surface area contributed by atoms with Crippen LogP contribution >= 0.6 is 0 Å². The zero-order chi connectivity index (χ0) is 15.0. The first-order valence-electron chi connectivity index (χ1n) is 7.20. The molecule has 1 atom stereocenters. The minimum Gasteiger partial charge on any atom is -0.481 e. The lowest BCUT2D eigenvalue weighted by Crippen LogP contribution is -2.27. The van der Waals surface area contributed by atoms with E-state index in [-0.39, 0.29) is 0 Å². The van der Waals surface area contributed by atoms with E-state index in [1.807, 2.05) is 31.2 Å². The summed E-state index contributed by atoms with van der Waals surface area (Å²) < 4.78 is 5.37. The summed E-state index contributed by atoms with van der Waals surface area (Å²) in [5, 5.41) is 8.99. The smallest absolute Gasteiger partial charge is 0.310 e. The van der Waals surface area contributed by atoms with Crippen molar-refractivity contribution in [3.05, 3.63) is 35.4 Å². The predicted molar refractivity (Wildman–Crippen MR) is 79.9 cm³/mol. The van der Waals surface area contributed by atoms with Crippen molar-refractivity contribution >= 4 is 5.97 Å². The van der Waals surface area contributed by atoms with Gasteiger partial charge in [-0.15, -0.1) is 0 Å². The van der Waals surface area contributed by atoms with Crippen molar-refractivity contribution in [2.45, 2.75) is 33.2 Å². The standard InChI is InChI=1S/C16H25NO3/c1-4-17(10-11-20-5-2)12-14-6-8-15(9-7-14)13(3)16(18)19/h6-9,13H,4-5,10-12H2,1-3H3,(H,18,19). The fourth-order valence-electron chi connectivity index (χ4n) is 2.00. The van der Waals surface area contributed by atoms with Crippen LogP contribution in [0, 0.1) is 0 Å². The van der Waals surface area contributed by atoms with Crippen molar-refractivity contribution in [2.24, 2.45) is 0 Å². The molecule has 20 heavy (non-hydrogen) atoms. The van der Waals surface area contributed by atoms with Gasteiger partial charge in [0, 0.05) is 19.7 Å². The number of likely N-dealkylation sites (N-methyl/N-ethyl adjacent to an activating group) is 1. The third-order valence-electron chi connectivity index (χ3n) is 3.46. The molecule has 0 aliphatic rings. The van der Waals surface area contributed by atoms with Crippen molar-refractivity contribution < 1.29 is 14.6 Å². The molecule has 1 aromatic rings. The Kier molecular flexibility index (Phi) is 7.26. The summed E-state index contributed by atoms with van der Waals surface area (Å²) in [6.07, 6.45) is 0. The molecule has 0 aliphatic heterocycles. The van der Waals surface area contributed by atoms with Crippen LogP contribution in [0.2, 0.25) is 0 Å². The van der Waals surface area contributed by atoms with E-state index in [2.05, 4.69) is 11.8 Å². The van der Waals surface area contributed by atoms with Gasteiger partial charge in [0.1, 0.15) is 0 Å². The fourth-order valence-corrected chi connectivity index (χ4v) is 2.00. The zero-order valence-electron chi connectivity index (χ0n) is 12.6. The molecule has 0 spiro atoms. The van der Waals surface area contributed by atoms with Gasteiger partial charge in [-0.1, -0.05) is 31.2 Å². The van der Waals surface area contributed by atoms with Crippen LogP contribution in [-0.2, 0) is 16.1 Å². The highest BCUT2D eigenvalue weighted by atomic mass is 16.5. The van der Waals surface area contributed by atoms with E-state index in [0.717, 1.165) is 38.4 Å². The Morgan fingerprint density at radius 3 is 2.45 bits per heavy atom. The zero-order valence-corrected chi connectivity index (χ0v) is 12.6. The number of carbonyl (C=O) groups is 1. The highest BCUT2D eigenvalue weighted by Gasteiger charge is 2.13. The molecule has 0 aromatic heterocycles. The lowest BCUT2D eigenvalue weighted by molar-refractivity contribution is -0.138. The molecule has 4 heteroatoms. The number of carboxylic acid groups (broad SMARTS) is 1. The normalized spacial score (nSPS) is 12.6. The quantitative estimate of drug-likeness (QED) is 0.706. The van der Waals surface area contributed by atoms with Gasteiger partial charge < -0.3 is 9.84 Å². The summed E-state index contributed by atoms with van der Waals surface area (Å²) in [6.45, 7) is 10.1. The van der Waals surface area contributed by atoms with Crippen LogP contribution in [0.1, 0.15) is 37.8 Å². The lowest BCUT2D eigenvalue weighted by atomic mass is 10.00. The van der Waals surface area contributed by atoms with Crippen LogP contribution in [0.25, 0.3) is 0 Å². The molecule has 112 valence electrons. The molecule has 0 fully saturated rings. The molecule has 0 saturated carbocycles. The Hall–Kier alpha value is -1.39. The summed E-state index contributed by atoms with van der Waals surface area (Å²) in [5.41, 5.74) is 2.04. The molecular weight excluding hydrogens is 254 g/mol. The van der Waals surface area contributed by atoms with Crippen LogP contribution in [-0.4, -0.2) is 42.3 Å². The van der Waals surface area contributed by atoms with E-state index < -0.39 is 11.9 Å². The van der Waals surface area contributed by atoms with Crippen LogP contribution in [0.3, 0.4) is 0 Å². The number of nitrogens with zero attached hydrogens (tertiary/aromatic N) is 1. The van der Waals surface area contributed by atoms with Crippen molar-refractivity contribution in [1.29, 1.82) is 0 Å². The number of benzene rings is 1. The molecule has 4 nitrogen and oxygen atoms in total. The van der Waals surface area contributed by atoms with Crippen molar-refractivity contribution in [3.63, 3.8) is 0 Å².